The zero-order valence-electron chi connectivity index (χ0n) is 9.33. The van der Waals surface area contributed by atoms with Gasteiger partial charge >= 0.3 is 0 Å². The molecule has 1 aliphatic carbocycles. The van der Waals surface area contributed by atoms with Crippen molar-refractivity contribution >= 4 is 23.1 Å². The molecular weight excluding hydrogens is 222 g/mol. The molecule has 1 fully saturated rings. The van der Waals surface area contributed by atoms with Crippen molar-refractivity contribution in [2.24, 2.45) is 11.7 Å². The van der Waals surface area contributed by atoms with Crippen LogP contribution in [-0.2, 0) is 0 Å². The Labute approximate surface area is 101 Å². The van der Waals surface area contributed by atoms with Crippen molar-refractivity contribution in [2.45, 2.75) is 12.8 Å². The van der Waals surface area contributed by atoms with Crippen LogP contribution < -0.4 is 10.6 Å². The second-order valence-corrected chi connectivity index (χ2v) is 4.84. The maximum Gasteiger partial charge on any atom is 0.124 e. The summed E-state index contributed by atoms with van der Waals surface area (Å²) >= 11 is 5.98. The summed E-state index contributed by atoms with van der Waals surface area (Å²) in [6.07, 6.45) is 2.61. The third kappa shape index (κ3) is 2.47. The molecular formula is C12H16ClN3. The number of halogens is 1. The van der Waals surface area contributed by atoms with Crippen LogP contribution in [0.2, 0.25) is 5.02 Å². The van der Waals surface area contributed by atoms with Crippen LogP contribution in [0, 0.1) is 11.3 Å². The van der Waals surface area contributed by atoms with E-state index < -0.39 is 0 Å². The van der Waals surface area contributed by atoms with Crippen LogP contribution >= 0.6 is 11.6 Å². The van der Waals surface area contributed by atoms with Gasteiger partial charge in [-0.2, -0.15) is 0 Å². The first-order chi connectivity index (χ1) is 7.58. The van der Waals surface area contributed by atoms with Gasteiger partial charge in [-0.3, -0.25) is 5.41 Å². The monoisotopic (exact) mass is 237 g/mol. The molecule has 16 heavy (non-hydrogen) atoms. The lowest BCUT2D eigenvalue weighted by molar-refractivity contribution is 0.787. The molecule has 0 heterocycles. The average Bonchev–Trinajstić information content (AvgIpc) is 3.01. The summed E-state index contributed by atoms with van der Waals surface area (Å²) in [5.41, 5.74) is 7.27. The van der Waals surface area contributed by atoms with E-state index in [-0.39, 0.29) is 5.84 Å². The Balaban J connectivity index is 2.27. The molecule has 86 valence electrons. The molecule has 4 heteroatoms. The standard InChI is InChI=1S/C12H16ClN3/c1-16(7-8-2-3-8)11-6-9(13)4-5-10(11)12(14)15/h4-6,8H,2-3,7H2,1H3,(H3,14,15). The normalized spacial score (nSPS) is 14.9. The molecule has 0 bridgehead atoms. The fourth-order valence-electron chi connectivity index (χ4n) is 1.83. The quantitative estimate of drug-likeness (QED) is 0.625. The first-order valence-corrected chi connectivity index (χ1v) is 5.81. The van der Waals surface area contributed by atoms with Crippen molar-refractivity contribution in [3.05, 3.63) is 28.8 Å². The summed E-state index contributed by atoms with van der Waals surface area (Å²) in [6, 6.07) is 5.46. The number of nitrogens with one attached hydrogen (secondary N) is 1. The molecule has 2 rings (SSSR count). The second-order valence-electron chi connectivity index (χ2n) is 4.40. The number of rotatable bonds is 4. The van der Waals surface area contributed by atoms with Gasteiger partial charge in [0.15, 0.2) is 0 Å². The van der Waals surface area contributed by atoms with Gasteiger partial charge in [0.2, 0.25) is 0 Å². The Morgan fingerprint density at radius 2 is 2.25 bits per heavy atom. The third-order valence-corrected chi connectivity index (χ3v) is 3.13. The van der Waals surface area contributed by atoms with Gasteiger partial charge in [0.1, 0.15) is 5.84 Å². The fraction of sp³-hybridized carbons (Fsp3) is 0.417. The lowest BCUT2D eigenvalue weighted by Crippen LogP contribution is -2.24. The predicted molar refractivity (Wildman–Crippen MR) is 68.5 cm³/mol. The molecule has 0 spiro atoms. The Morgan fingerprint density at radius 3 is 2.81 bits per heavy atom. The zero-order chi connectivity index (χ0) is 11.7. The summed E-state index contributed by atoms with van der Waals surface area (Å²) in [4.78, 5) is 2.14. The molecule has 0 amide bonds. The Bertz CT molecular complexity index is 413. The molecule has 0 unspecified atom stereocenters. The third-order valence-electron chi connectivity index (χ3n) is 2.89. The highest BCUT2D eigenvalue weighted by molar-refractivity contribution is 6.31. The largest absolute Gasteiger partial charge is 0.384 e. The summed E-state index contributed by atoms with van der Waals surface area (Å²) in [5, 5.41) is 8.23. The summed E-state index contributed by atoms with van der Waals surface area (Å²) in [5.74, 6) is 0.887. The fourth-order valence-corrected chi connectivity index (χ4v) is 2.00. The molecule has 0 aromatic heterocycles. The van der Waals surface area contributed by atoms with E-state index in [2.05, 4.69) is 4.90 Å². The topological polar surface area (TPSA) is 53.1 Å². The number of nitrogens with zero attached hydrogens (tertiary/aromatic N) is 1. The number of benzene rings is 1. The Kier molecular flexibility index (Phi) is 3.06. The number of hydrogen-bond donors (Lipinski definition) is 2. The van der Waals surface area contributed by atoms with Crippen molar-refractivity contribution in [3.63, 3.8) is 0 Å². The van der Waals surface area contributed by atoms with Crippen LogP contribution in [0.3, 0.4) is 0 Å². The van der Waals surface area contributed by atoms with E-state index in [1.165, 1.54) is 12.8 Å². The van der Waals surface area contributed by atoms with E-state index in [1.54, 1.807) is 6.07 Å². The van der Waals surface area contributed by atoms with Crippen LogP contribution in [0.5, 0.6) is 0 Å². The van der Waals surface area contributed by atoms with Gasteiger partial charge in [0, 0.05) is 29.9 Å². The highest BCUT2D eigenvalue weighted by Gasteiger charge is 2.24. The minimum absolute atomic E-state index is 0.0920. The lowest BCUT2D eigenvalue weighted by Gasteiger charge is -2.22. The molecule has 1 saturated carbocycles. The number of nitrogens with two attached hydrogens (primary N) is 1. The predicted octanol–water partition coefficient (Wildman–Crippen LogP) is 2.47. The molecule has 3 nitrogen and oxygen atoms in total. The minimum Gasteiger partial charge on any atom is -0.384 e. The van der Waals surface area contributed by atoms with Crippen LogP contribution in [0.25, 0.3) is 0 Å². The van der Waals surface area contributed by atoms with Crippen molar-refractivity contribution in [3.8, 4) is 0 Å². The van der Waals surface area contributed by atoms with Crippen LogP contribution in [-0.4, -0.2) is 19.4 Å². The van der Waals surface area contributed by atoms with Gasteiger partial charge in [-0.05, 0) is 37.0 Å². The van der Waals surface area contributed by atoms with Gasteiger partial charge in [0.25, 0.3) is 0 Å². The first kappa shape index (κ1) is 11.3. The highest BCUT2D eigenvalue weighted by atomic mass is 35.5. The molecule has 3 N–H and O–H groups in total. The number of hydrogen-bond acceptors (Lipinski definition) is 2. The van der Waals surface area contributed by atoms with Crippen LogP contribution in [0.1, 0.15) is 18.4 Å². The molecule has 1 aromatic rings. The van der Waals surface area contributed by atoms with E-state index in [0.29, 0.717) is 5.02 Å². The molecule has 0 atom stereocenters. The van der Waals surface area contributed by atoms with Gasteiger partial charge in [-0.15, -0.1) is 0 Å². The minimum atomic E-state index is 0.0920. The van der Waals surface area contributed by atoms with Crippen molar-refractivity contribution in [2.75, 3.05) is 18.5 Å². The van der Waals surface area contributed by atoms with Crippen molar-refractivity contribution in [1.29, 1.82) is 5.41 Å². The second kappa shape index (κ2) is 4.34. The maximum absolute atomic E-state index is 7.55. The van der Waals surface area contributed by atoms with E-state index >= 15 is 0 Å². The number of nitrogen functional groups attached to an aromatic ring is 1. The van der Waals surface area contributed by atoms with Crippen molar-refractivity contribution < 1.29 is 0 Å². The maximum atomic E-state index is 7.55. The van der Waals surface area contributed by atoms with Crippen LogP contribution in [0.15, 0.2) is 18.2 Å². The smallest absolute Gasteiger partial charge is 0.124 e. The number of anilines is 1. The molecule has 0 aliphatic heterocycles. The SMILES string of the molecule is CN(CC1CC1)c1cc(Cl)ccc1C(=N)N. The summed E-state index contributed by atoms with van der Waals surface area (Å²) < 4.78 is 0. The summed E-state index contributed by atoms with van der Waals surface area (Å²) in [7, 11) is 2.02. The lowest BCUT2D eigenvalue weighted by atomic mass is 10.1. The van der Waals surface area contributed by atoms with E-state index in [0.717, 1.165) is 23.7 Å². The van der Waals surface area contributed by atoms with E-state index in [9.17, 15) is 0 Å². The highest BCUT2D eigenvalue weighted by Crippen LogP contribution is 2.32. The Morgan fingerprint density at radius 1 is 1.56 bits per heavy atom. The molecule has 1 aliphatic rings. The first-order valence-electron chi connectivity index (χ1n) is 5.43. The number of amidine groups is 1. The summed E-state index contributed by atoms with van der Waals surface area (Å²) in [6.45, 7) is 1.01. The van der Waals surface area contributed by atoms with Gasteiger partial charge < -0.3 is 10.6 Å². The zero-order valence-corrected chi connectivity index (χ0v) is 10.1. The van der Waals surface area contributed by atoms with Crippen LogP contribution in [0.4, 0.5) is 5.69 Å². The molecule has 1 aromatic carbocycles. The van der Waals surface area contributed by atoms with Gasteiger partial charge in [-0.1, -0.05) is 11.6 Å². The average molecular weight is 238 g/mol. The van der Waals surface area contributed by atoms with Gasteiger partial charge in [-0.25, -0.2) is 0 Å². The van der Waals surface area contributed by atoms with E-state index in [1.807, 2.05) is 19.2 Å². The Hall–Kier alpha value is -1.22. The molecule has 0 radical (unpaired) electrons. The molecule has 0 saturated heterocycles. The van der Waals surface area contributed by atoms with E-state index in [4.69, 9.17) is 22.7 Å². The van der Waals surface area contributed by atoms with Gasteiger partial charge in [0.05, 0.1) is 0 Å². The van der Waals surface area contributed by atoms with Crippen molar-refractivity contribution in [1.82, 2.24) is 0 Å².